The summed E-state index contributed by atoms with van der Waals surface area (Å²) in [6.45, 7) is 10.6. The molecule has 0 saturated heterocycles. The summed E-state index contributed by atoms with van der Waals surface area (Å²) in [7, 11) is 3.00. The van der Waals surface area contributed by atoms with Crippen LogP contribution in [0.1, 0.15) is 132 Å². The predicted molar refractivity (Wildman–Crippen MR) is 174 cm³/mol. The molecule has 2 aliphatic carbocycles. The van der Waals surface area contributed by atoms with E-state index in [2.05, 4.69) is 39.1 Å². The van der Waals surface area contributed by atoms with Gasteiger partial charge >= 0.3 is 0 Å². The molecule has 4 N–H and O–H groups in total. The Balaban J connectivity index is 0. The minimum absolute atomic E-state index is 0.481. The SMILES string of the molecule is C=CC(=C)F.CCCC(CC)c1cc(C2CCCCC2)cc(C2CCCCC2)c1OSCSO.CO.CO.CO. The van der Waals surface area contributed by atoms with Crippen molar-refractivity contribution in [3.8, 4) is 5.75 Å². The van der Waals surface area contributed by atoms with Gasteiger partial charge in [-0.3, -0.25) is 0 Å². The van der Waals surface area contributed by atoms with Crippen molar-refractivity contribution >= 4 is 24.1 Å². The Bertz CT molecular complexity index is 725. The first kappa shape index (κ1) is 41.1. The van der Waals surface area contributed by atoms with Gasteiger partial charge in [-0.25, -0.2) is 4.39 Å². The number of rotatable bonds is 11. The molecule has 2 fully saturated rings. The maximum absolute atomic E-state index is 11.1. The molecule has 1 aromatic rings. The second kappa shape index (κ2) is 28.1. The lowest BCUT2D eigenvalue weighted by atomic mass is 9.77. The average Bonchev–Trinajstić information content (AvgIpc) is 3.04. The van der Waals surface area contributed by atoms with Crippen molar-refractivity contribution in [1.29, 1.82) is 0 Å². The molecule has 2 saturated carbocycles. The maximum atomic E-state index is 11.1. The van der Waals surface area contributed by atoms with E-state index >= 15 is 0 Å². The lowest BCUT2D eigenvalue weighted by Crippen LogP contribution is -2.12. The van der Waals surface area contributed by atoms with E-state index in [9.17, 15) is 8.94 Å². The van der Waals surface area contributed by atoms with Crippen LogP contribution in [0.5, 0.6) is 5.75 Å². The molecule has 234 valence electrons. The van der Waals surface area contributed by atoms with Crippen LogP contribution < -0.4 is 4.18 Å². The molecule has 0 bridgehead atoms. The highest BCUT2D eigenvalue weighted by Crippen LogP contribution is 2.47. The zero-order valence-corrected chi connectivity index (χ0v) is 27.3. The smallest absolute Gasteiger partial charge is 0.144 e. The molecular weight excluding hydrogens is 547 g/mol. The quantitative estimate of drug-likeness (QED) is 0.0865. The molecule has 2 aliphatic rings. The first-order chi connectivity index (χ1) is 19.5. The molecule has 0 spiro atoms. The largest absolute Gasteiger partial charge is 0.424 e. The minimum Gasteiger partial charge on any atom is -0.424 e. The summed E-state index contributed by atoms with van der Waals surface area (Å²) in [5, 5.41) is 21.6. The zero-order chi connectivity index (χ0) is 30.8. The van der Waals surface area contributed by atoms with E-state index < -0.39 is 5.83 Å². The highest BCUT2D eigenvalue weighted by Gasteiger charge is 2.27. The maximum Gasteiger partial charge on any atom is 0.144 e. The fourth-order valence-corrected chi connectivity index (χ4v) is 6.19. The fraction of sp³-hybridized carbons (Fsp3) is 0.688. The van der Waals surface area contributed by atoms with Gasteiger partial charge in [0.1, 0.15) is 16.7 Å². The second-order valence-electron chi connectivity index (χ2n) is 9.69. The van der Waals surface area contributed by atoms with Gasteiger partial charge in [0, 0.05) is 33.4 Å². The number of aliphatic hydroxyl groups is 3. The Hall–Kier alpha value is -1.03. The van der Waals surface area contributed by atoms with Gasteiger partial charge in [-0.1, -0.05) is 84.1 Å². The fourth-order valence-electron chi connectivity index (χ4n) is 5.52. The first-order valence-electron chi connectivity index (χ1n) is 14.6. The Kier molecular flexibility index (Phi) is 28.9. The Morgan fingerprint density at radius 2 is 1.45 bits per heavy atom. The molecule has 0 heterocycles. The number of benzene rings is 1. The van der Waals surface area contributed by atoms with Gasteiger partial charge in [0.25, 0.3) is 0 Å². The summed E-state index contributed by atoms with van der Waals surface area (Å²) in [4.78, 5) is 0. The molecule has 40 heavy (non-hydrogen) atoms. The van der Waals surface area contributed by atoms with Crippen molar-refractivity contribution < 1.29 is 28.4 Å². The Morgan fingerprint density at radius 1 is 0.950 bits per heavy atom. The summed E-state index contributed by atoms with van der Waals surface area (Å²) in [6.07, 6.45) is 18.2. The number of halogens is 1. The molecule has 0 aromatic heterocycles. The van der Waals surface area contributed by atoms with E-state index in [1.54, 1.807) is 5.56 Å². The van der Waals surface area contributed by atoms with Crippen molar-refractivity contribution in [2.45, 2.75) is 115 Å². The van der Waals surface area contributed by atoms with Crippen LogP contribution in [-0.4, -0.2) is 46.3 Å². The molecule has 5 nitrogen and oxygen atoms in total. The Morgan fingerprint density at radius 3 is 1.88 bits per heavy atom. The van der Waals surface area contributed by atoms with Gasteiger partial charge < -0.3 is 24.1 Å². The summed E-state index contributed by atoms with van der Waals surface area (Å²) in [5.74, 6) is 2.62. The molecule has 8 heteroatoms. The van der Waals surface area contributed by atoms with Crippen molar-refractivity contribution in [1.82, 2.24) is 0 Å². The minimum atomic E-state index is -0.481. The molecule has 3 rings (SSSR count). The number of aliphatic hydroxyl groups excluding tert-OH is 3. The first-order valence-corrected chi connectivity index (χ1v) is 16.4. The summed E-state index contributed by atoms with van der Waals surface area (Å²) in [5.41, 5.74) is 4.52. The highest BCUT2D eigenvalue weighted by molar-refractivity contribution is 8.11. The van der Waals surface area contributed by atoms with E-state index in [1.807, 2.05) is 0 Å². The van der Waals surface area contributed by atoms with E-state index in [-0.39, 0.29) is 0 Å². The van der Waals surface area contributed by atoms with Gasteiger partial charge in [-0.15, -0.1) is 0 Å². The van der Waals surface area contributed by atoms with E-state index in [0.29, 0.717) is 16.9 Å². The third-order valence-electron chi connectivity index (χ3n) is 7.32. The van der Waals surface area contributed by atoms with Crippen molar-refractivity contribution in [3.05, 3.63) is 53.9 Å². The number of allylic oxidation sites excluding steroid dienone is 2. The lowest BCUT2D eigenvalue weighted by Gasteiger charge is -2.30. The third kappa shape index (κ3) is 15.8. The summed E-state index contributed by atoms with van der Waals surface area (Å²) in [6, 6.07) is 5.06. The molecular formula is C32H57FO5S2. The molecule has 0 aliphatic heterocycles. The van der Waals surface area contributed by atoms with Crippen LogP contribution in [-0.2, 0) is 0 Å². The second-order valence-corrected chi connectivity index (χ2v) is 11.3. The van der Waals surface area contributed by atoms with E-state index in [1.165, 1.54) is 107 Å². The molecule has 1 aromatic carbocycles. The topological polar surface area (TPSA) is 90.2 Å². The highest BCUT2D eigenvalue weighted by atomic mass is 32.2. The van der Waals surface area contributed by atoms with Crippen molar-refractivity contribution in [2.24, 2.45) is 0 Å². The zero-order valence-electron chi connectivity index (χ0n) is 25.7. The molecule has 1 atom stereocenters. The molecule has 0 amide bonds. The van der Waals surface area contributed by atoms with Gasteiger partial charge in [-0.2, -0.15) is 0 Å². The van der Waals surface area contributed by atoms with Gasteiger partial charge in [-0.05, 0) is 79.0 Å². The number of hydrogen-bond acceptors (Lipinski definition) is 7. The van der Waals surface area contributed by atoms with E-state index in [0.717, 1.165) is 51.1 Å². The standard InChI is InChI=1S/C25H40O2S2.C4H5F.3CH4O/c1-3-11-19(4-2)23-16-22(20-12-7-5-8-13-20)17-24(21-14-9-6-10-15-21)25(23)27-29-18-28-26;1-3-4(2)5;3*1-2/h16-17,19-21,26H,3-15,18H2,1-2H3;3H,1-2H2;3*2H,1H3. The monoisotopic (exact) mass is 604 g/mol. The van der Waals surface area contributed by atoms with E-state index in [4.69, 9.17) is 19.5 Å². The summed E-state index contributed by atoms with van der Waals surface area (Å²) >= 11 is 2.26. The molecule has 1 unspecified atom stereocenters. The summed E-state index contributed by atoms with van der Waals surface area (Å²) < 4.78 is 26.7. The normalized spacial score (nSPS) is 15.8. The average molecular weight is 605 g/mol. The van der Waals surface area contributed by atoms with Crippen molar-refractivity contribution in [2.75, 3.05) is 26.4 Å². The van der Waals surface area contributed by atoms with Gasteiger partial charge in [0.15, 0.2) is 0 Å². The molecule has 0 radical (unpaired) electrons. The van der Waals surface area contributed by atoms with Crippen LogP contribution in [0.15, 0.2) is 37.2 Å². The van der Waals surface area contributed by atoms with Crippen molar-refractivity contribution in [3.63, 3.8) is 0 Å². The van der Waals surface area contributed by atoms with Gasteiger partial charge in [0.05, 0.1) is 12.0 Å². The van der Waals surface area contributed by atoms with Gasteiger partial charge in [0.2, 0.25) is 0 Å². The van der Waals surface area contributed by atoms with Crippen LogP contribution in [0, 0.1) is 0 Å². The van der Waals surface area contributed by atoms with Crippen LogP contribution in [0.3, 0.4) is 0 Å². The lowest BCUT2D eigenvalue weighted by molar-refractivity contribution is 0.399. The predicted octanol–water partition coefficient (Wildman–Crippen LogP) is 9.75. The Labute approximate surface area is 253 Å². The number of hydrogen-bond donors (Lipinski definition) is 4. The van der Waals surface area contributed by atoms with Crippen LogP contribution in [0.4, 0.5) is 4.39 Å². The van der Waals surface area contributed by atoms with Crippen LogP contribution in [0.2, 0.25) is 0 Å². The van der Waals surface area contributed by atoms with Crippen LogP contribution in [0.25, 0.3) is 0 Å². The van der Waals surface area contributed by atoms with Crippen LogP contribution >= 0.6 is 24.1 Å². The third-order valence-corrected chi connectivity index (χ3v) is 8.42.